The highest BCUT2D eigenvalue weighted by atomic mass is 16.5. The smallest absolute Gasteiger partial charge is 0.302 e. The maximum absolute atomic E-state index is 12.6. The Hall–Kier alpha value is -2.99. The fourth-order valence-corrected chi connectivity index (χ4v) is 2.84. The van der Waals surface area contributed by atoms with Crippen molar-refractivity contribution in [2.45, 2.75) is 19.6 Å². The second kappa shape index (κ2) is 7.93. The van der Waals surface area contributed by atoms with Crippen LogP contribution in [-0.2, 0) is 20.9 Å². The summed E-state index contributed by atoms with van der Waals surface area (Å²) in [6, 6.07) is 15.5. The van der Waals surface area contributed by atoms with Gasteiger partial charge in [0.25, 0.3) is 11.8 Å². The zero-order valence-corrected chi connectivity index (χ0v) is 14.4. The fraction of sp³-hybridized carbons (Fsp3) is 0.250. The molecule has 1 heterocycles. The van der Waals surface area contributed by atoms with Crippen LogP contribution in [0.5, 0.6) is 0 Å². The van der Waals surface area contributed by atoms with E-state index in [0.717, 1.165) is 10.5 Å². The monoisotopic (exact) mass is 353 g/mol. The number of imide groups is 1. The molecule has 2 aromatic rings. The van der Waals surface area contributed by atoms with E-state index in [4.69, 9.17) is 9.47 Å². The van der Waals surface area contributed by atoms with Gasteiger partial charge >= 0.3 is 5.97 Å². The zero-order valence-electron chi connectivity index (χ0n) is 14.4. The first-order chi connectivity index (χ1) is 12.6. The predicted molar refractivity (Wildman–Crippen MR) is 93.5 cm³/mol. The number of fused-ring (bicyclic) bond motifs is 1. The average Bonchev–Trinajstić information content (AvgIpc) is 2.90. The first kappa shape index (κ1) is 17.8. The molecule has 0 radical (unpaired) electrons. The summed E-state index contributed by atoms with van der Waals surface area (Å²) in [7, 11) is 0. The van der Waals surface area contributed by atoms with Gasteiger partial charge in [0.05, 0.1) is 30.4 Å². The van der Waals surface area contributed by atoms with E-state index in [-0.39, 0.29) is 13.2 Å². The third-order valence-electron chi connectivity index (χ3n) is 4.09. The quantitative estimate of drug-likeness (QED) is 0.565. The van der Waals surface area contributed by atoms with Crippen molar-refractivity contribution >= 4 is 17.8 Å². The van der Waals surface area contributed by atoms with E-state index in [1.165, 1.54) is 6.92 Å². The average molecular weight is 353 g/mol. The third-order valence-corrected chi connectivity index (χ3v) is 4.09. The van der Waals surface area contributed by atoms with Crippen molar-refractivity contribution in [1.82, 2.24) is 4.90 Å². The van der Waals surface area contributed by atoms with Crippen LogP contribution in [0.25, 0.3) is 0 Å². The number of rotatable bonds is 7. The Kier molecular flexibility index (Phi) is 5.43. The van der Waals surface area contributed by atoms with Crippen molar-refractivity contribution in [2.24, 2.45) is 0 Å². The first-order valence-electron chi connectivity index (χ1n) is 8.30. The summed E-state index contributed by atoms with van der Waals surface area (Å²) in [5, 5.41) is 0. The highest BCUT2D eigenvalue weighted by molar-refractivity contribution is 6.21. The number of hydrogen-bond acceptors (Lipinski definition) is 5. The molecule has 1 aliphatic rings. The molecule has 1 atom stereocenters. The molecule has 6 nitrogen and oxygen atoms in total. The van der Waals surface area contributed by atoms with Gasteiger partial charge < -0.3 is 9.47 Å². The highest BCUT2D eigenvalue weighted by Gasteiger charge is 2.40. The molecule has 0 fully saturated rings. The SMILES string of the molecule is CC(=O)OC[C@@H](COCc1ccccc1)N1C(=O)c2ccccc2C1=O. The largest absolute Gasteiger partial charge is 0.464 e. The van der Waals surface area contributed by atoms with Crippen LogP contribution in [0.3, 0.4) is 0 Å². The maximum atomic E-state index is 12.6. The number of ether oxygens (including phenoxy) is 2. The van der Waals surface area contributed by atoms with Crippen molar-refractivity contribution < 1.29 is 23.9 Å². The molecule has 1 aliphatic heterocycles. The van der Waals surface area contributed by atoms with Gasteiger partial charge in [-0.1, -0.05) is 42.5 Å². The summed E-state index contributed by atoms with van der Waals surface area (Å²) >= 11 is 0. The molecule has 0 spiro atoms. The molecule has 0 saturated carbocycles. The van der Waals surface area contributed by atoms with Crippen LogP contribution >= 0.6 is 0 Å². The van der Waals surface area contributed by atoms with Crippen LogP contribution in [0.15, 0.2) is 54.6 Å². The van der Waals surface area contributed by atoms with E-state index in [0.29, 0.717) is 17.7 Å². The van der Waals surface area contributed by atoms with Crippen LogP contribution in [0.1, 0.15) is 33.2 Å². The van der Waals surface area contributed by atoms with Crippen LogP contribution in [0, 0.1) is 0 Å². The van der Waals surface area contributed by atoms with Gasteiger partial charge in [-0.25, -0.2) is 0 Å². The molecule has 26 heavy (non-hydrogen) atoms. The molecule has 6 heteroatoms. The van der Waals surface area contributed by atoms with Crippen molar-refractivity contribution in [2.75, 3.05) is 13.2 Å². The summed E-state index contributed by atoms with van der Waals surface area (Å²) in [6.45, 7) is 1.59. The number of hydrogen-bond donors (Lipinski definition) is 0. The maximum Gasteiger partial charge on any atom is 0.302 e. The molecule has 134 valence electrons. The van der Waals surface area contributed by atoms with Gasteiger partial charge in [-0.3, -0.25) is 19.3 Å². The predicted octanol–water partition coefficient (Wildman–Crippen LogP) is 2.43. The topological polar surface area (TPSA) is 72.9 Å². The molecule has 0 unspecified atom stereocenters. The van der Waals surface area contributed by atoms with Gasteiger partial charge in [0, 0.05) is 6.92 Å². The normalized spacial score (nSPS) is 14.3. The number of benzene rings is 2. The van der Waals surface area contributed by atoms with Crippen LogP contribution in [-0.4, -0.2) is 41.9 Å². The second-order valence-electron chi connectivity index (χ2n) is 5.98. The minimum Gasteiger partial charge on any atom is -0.464 e. The van der Waals surface area contributed by atoms with Crippen LogP contribution < -0.4 is 0 Å². The van der Waals surface area contributed by atoms with E-state index in [2.05, 4.69) is 0 Å². The highest BCUT2D eigenvalue weighted by Crippen LogP contribution is 2.25. The zero-order chi connectivity index (χ0) is 18.5. The standard InChI is InChI=1S/C20H19NO5/c1-14(22)26-13-16(12-25-11-15-7-3-2-4-8-15)21-19(23)17-9-5-6-10-18(17)20(21)24/h2-10,16H,11-13H2,1H3/t16-/m1/s1. The number of carbonyl (C=O) groups is 3. The third kappa shape index (κ3) is 3.81. The molecule has 3 rings (SSSR count). The Morgan fingerprint density at radius 1 is 0.923 bits per heavy atom. The Balaban J connectivity index is 1.72. The van der Waals surface area contributed by atoms with E-state index in [1.807, 2.05) is 30.3 Å². The van der Waals surface area contributed by atoms with Gasteiger partial charge in [-0.15, -0.1) is 0 Å². The van der Waals surface area contributed by atoms with Crippen molar-refractivity contribution in [1.29, 1.82) is 0 Å². The number of esters is 1. The lowest BCUT2D eigenvalue weighted by molar-refractivity contribution is -0.143. The molecule has 2 amide bonds. The number of amides is 2. The first-order valence-corrected chi connectivity index (χ1v) is 8.30. The summed E-state index contributed by atoms with van der Waals surface area (Å²) in [5.41, 5.74) is 1.68. The van der Waals surface area contributed by atoms with Crippen molar-refractivity contribution in [3.8, 4) is 0 Å². The second-order valence-corrected chi connectivity index (χ2v) is 5.98. The van der Waals surface area contributed by atoms with Gasteiger partial charge in [0.2, 0.25) is 0 Å². The number of nitrogens with zero attached hydrogens (tertiary/aromatic N) is 1. The fourth-order valence-electron chi connectivity index (χ4n) is 2.84. The lowest BCUT2D eigenvalue weighted by Gasteiger charge is -2.25. The molecular weight excluding hydrogens is 334 g/mol. The lowest BCUT2D eigenvalue weighted by atomic mass is 10.1. The summed E-state index contributed by atoms with van der Waals surface area (Å²) in [4.78, 5) is 37.6. The Labute approximate surface area is 151 Å². The minimum absolute atomic E-state index is 0.0770. The van der Waals surface area contributed by atoms with E-state index in [9.17, 15) is 14.4 Å². The van der Waals surface area contributed by atoms with Crippen LogP contribution in [0.4, 0.5) is 0 Å². The molecule has 0 N–H and O–H groups in total. The van der Waals surface area contributed by atoms with Gasteiger partial charge in [0.1, 0.15) is 6.61 Å². The Morgan fingerprint density at radius 3 is 2.08 bits per heavy atom. The lowest BCUT2D eigenvalue weighted by Crippen LogP contribution is -2.45. The summed E-state index contributed by atoms with van der Waals surface area (Å²) in [5.74, 6) is -1.27. The van der Waals surface area contributed by atoms with Gasteiger partial charge in [-0.2, -0.15) is 0 Å². The Bertz CT molecular complexity index is 783. The van der Waals surface area contributed by atoms with Gasteiger partial charge in [0.15, 0.2) is 0 Å². The van der Waals surface area contributed by atoms with Crippen LogP contribution in [0.2, 0.25) is 0 Å². The molecule has 2 aromatic carbocycles. The molecule has 0 aliphatic carbocycles. The molecule has 0 aromatic heterocycles. The molecule has 0 saturated heterocycles. The van der Waals surface area contributed by atoms with Gasteiger partial charge in [-0.05, 0) is 17.7 Å². The molecular formula is C20H19NO5. The van der Waals surface area contributed by atoms with E-state index in [1.54, 1.807) is 24.3 Å². The summed E-state index contributed by atoms with van der Waals surface area (Å²) in [6.07, 6.45) is 0. The minimum atomic E-state index is -0.685. The molecule has 0 bridgehead atoms. The van der Waals surface area contributed by atoms with E-state index < -0.39 is 23.8 Å². The summed E-state index contributed by atoms with van der Waals surface area (Å²) < 4.78 is 10.7. The van der Waals surface area contributed by atoms with Crippen molar-refractivity contribution in [3.05, 3.63) is 71.3 Å². The van der Waals surface area contributed by atoms with Crippen molar-refractivity contribution in [3.63, 3.8) is 0 Å². The number of carbonyl (C=O) groups excluding carboxylic acids is 3. The Morgan fingerprint density at radius 2 is 1.50 bits per heavy atom. The van der Waals surface area contributed by atoms with E-state index >= 15 is 0 Å².